The first-order valence-electron chi connectivity index (χ1n) is 5.92. The van der Waals surface area contributed by atoms with E-state index < -0.39 is 11.6 Å². The minimum absolute atomic E-state index is 0.00833. The van der Waals surface area contributed by atoms with Crippen molar-refractivity contribution in [2.45, 2.75) is 6.92 Å². The summed E-state index contributed by atoms with van der Waals surface area (Å²) in [6.07, 6.45) is 0. The molecule has 3 aromatic rings. The molecule has 4 nitrogen and oxygen atoms in total. The van der Waals surface area contributed by atoms with E-state index in [1.54, 1.807) is 25.1 Å². The van der Waals surface area contributed by atoms with E-state index in [4.69, 9.17) is 10.2 Å². The van der Waals surface area contributed by atoms with Crippen LogP contribution in [0.15, 0.2) is 34.7 Å². The van der Waals surface area contributed by atoms with Crippen molar-refractivity contribution in [3.8, 4) is 0 Å². The zero-order valence-electron chi connectivity index (χ0n) is 10.6. The first-order valence-corrected chi connectivity index (χ1v) is 5.92. The zero-order valence-corrected chi connectivity index (χ0v) is 10.6. The van der Waals surface area contributed by atoms with Crippen LogP contribution in [0.5, 0.6) is 0 Å². The first kappa shape index (κ1) is 12.4. The SMILES string of the molecule is Cc1ccc(F)c(Nc2nc3ccc(N)cc3o2)c1F. The van der Waals surface area contributed by atoms with Crippen LogP contribution in [0, 0.1) is 18.6 Å². The maximum Gasteiger partial charge on any atom is 0.300 e. The van der Waals surface area contributed by atoms with E-state index in [2.05, 4.69) is 10.3 Å². The number of nitrogens with two attached hydrogens (primary N) is 1. The Hall–Kier alpha value is -2.63. The van der Waals surface area contributed by atoms with Crippen molar-refractivity contribution in [2.75, 3.05) is 11.1 Å². The third-order valence-electron chi connectivity index (χ3n) is 2.93. The summed E-state index contributed by atoms with van der Waals surface area (Å²) in [5.41, 5.74) is 7.18. The number of rotatable bonds is 2. The lowest BCUT2D eigenvalue weighted by atomic mass is 10.2. The Bertz CT molecular complexity index is 798. The Kier molecular flexibility index (Phi) is 2.78. The van der Waals surface area contributed by atoms with Gasteiger partial charge in [0.2, 0.25) is 0 Å². The largest absolute Gasteiger partial charge is 0.423 e. The third-order valence-corrected chi connectivity index (χ3v) is 2.93. The van der Waals surface area contributed by atoms with Gasteiger partial charge >= 0.3 is 0 Å². The molecule has 0 fully saturated rings. The van der Waals surface area contributed by atoms with Crippen LogP contribution in [0.1, 0.15) is 5.56 Å². The summed E-state index contributed by atoms with van der Waals surface area (Å²) < 4.78 is 32.9. The topological polar surface area (TPSA) is 64.1 Å². The van der Waals surface area contributed by atoms with Gasteiger partial charge in [-0.2, -0.15) is 4.98 Å². The summed E-state index contributed by atoms with van der Waals surface area (Å²) >= 11 is 0. The second-order valence-electron chi connectivity index (χ2n) is 4.42. The molecule has 0 saturated carbocycles. The predicted molar refractivity (Wildman–Crippen MR) is 72.8 cm³/mol. The molecular weight excluding hydrogens is 264 g/mol. The van der Waals surface area contributed by atoms with Crippen LogP contribution in [0.2, 0.25) is 0 Å². The molecule has 0 unspecified atom stereocenters. The first-order chi connectivity index (χ1) is 9.54. The quantitative estimate of drug-likeness (QED) is 0.699. The average molecular weight is 275 g/mol. The molecule has 0 aliphatic heterocycles. The van der Waals surface area contributed by atoms with E-state index >= 15 is 0 Å². The number of halogens is 2. The van der Waals surface area contributed by atoms with Crippen LogP contribution in [0.4, 0.5) is 26.2 Å². The molecule has 0 atom stereocenters. The van der Waals surface area contributed by atoms with Crippen molar-refractivity contribution in [2.24, 2.45) is 0 Å². The monoisotopic (exact) mass is 275 g/mol. The van der Waals surface area contributed by atoms with Gasteiger partial charge in [-0.25, -0.2) is 8.78 Å². The highest BCUT2D eigenvalue weighted by molar-refractivity contribution is 5.78. The van der Waals surface area contributed by atoms with Crippen LogP contribution in [-0.4, -0.2) is 4.98 Å². The molecule has 0 spiro atoms. The Labute approximate surface area is 113 Å². The summed E-state index contributed by atoms with van der Waals surface area (Å²) in [5.74, 6) is -1.39. The molecule has 3 N–H and O–H groups in total. The fraction of sp³-hybridized carbons (Fsp3) is 0.0714. The number of nitrogen functional groups attached to an aromatic ring is 1. The number of oxazole rings is 1. The second-order valence-corrected chi connectivity index (χ2v) is 4.42. The van der Waals surface area contributed by atoms with Crippen molar-refractivity contribution in [1.82, 2.24) is 4.98 Å². The predicted octanol–water partition coefficient (Wildman–Crippen LogP) is 3.74. The fourth-order valence-electron chi connectivity index (χ4n) is 1.87. The number of aryl methyl sites for hydroxylation is 1. The van der Waals surface area contributed by atoms with Gasteiger partial charge < -0.3 is 15.5 Å². The maximum atomic E-state index is 13.9. The van der Waals surface area contributed by atoms with E-state index in [1.807, 2.05) is 0 Å². The highest BCUT2D eigenvalue weighted by Crippen LogP contribution is 2.27. The van der Waals surface area contributed by atoms with Crippen molar-refractivity contribution < 1.29 is 13.2 Å². The van der Waals surface area contributed by atoms with E-state index in [0.717, 1.165) is 0 Å². The molecule has 1 heterocycles. The normalized spacial score (nSPS) is 10.9. The van der Waals surface area contributed by atoms with Crippen LogP contribution in [0.25, 0.3) is 11.1 Å². The average Bonchev–Trinajstić information content (AvgIpc) is 2.81. The van der Waals surface area contributed by atoms with Gasteiger partial charge in [0, 0.05) is 11.8 Å². The Morgan fingerprint density at radius 3 is 2.80 bits per heavy atom. The van der Waals surface area contributed by atoms with E-state index in [0.29, 0.717) is 22.4 Å². The summed E-state index contributed by atoms with van der Waals surface area (Å²) in [7, 11) is 0. The van der Waals surface area contributed by atoms with Crippen molar-refractivity contribution >= 4 is 28.5 Å². The summed E-state index contributed by atoms with van der Waals surface area (Å²) in [4.78, 5) is 4.09. The number of benzene rings is 2. The maximum absolute atomic E-state index is 13.9. The molecular formula is C14H11F2N3O. The molecule has 0 bridgehead atoms. The van der Waals surface area contributed by atoms with Gasteiger partial charge in [0.15, 0.2) is 11.4 Å². The molecule has 0 aliphatic rings. The Balaban J connectivity index is 2.03. The molecule has 3 rings (SSSR count). The van der Waals surface area contributed by atoms with Gasteiger partial charge in [0.05, 0.1) is 0 Å². The fourth-order valence-corrected chi connectivity index (χ4v) is 1.87. The number of nitrogens with zero attached hydrogens (tertiary/aromatic N) is 1. The van der Waals surface area contributed by atoms with Gasteiger partial charge in [-0.15, -0.1) is 0 Å². The number of aromatic nitrogens is 1. The lowest BCUT2D eigenvalue weighted by molar-refractivity contribution is 0.576. The van der Waals surface area contributed by atoms with Crippen molar-refractivity contribution in [3.63, 3.8) is 0 Å². The van der Waals surface area contributed by atoms with Crippen LogP contribution < -0.4 is 11.1 Å². The second kappa shape index (κ2) is 4.48. The number of nitrogens with one attached hydrogen (secondary N) is 1. The molecule has 2 aromatic carbocycles. The number of anilines is 3. The molecule has 20 heavy (non-hydrogen) atoms. The lowest BCUT2D eigenvalue weighted by Gasteiger charge is -2.06. The summed E-state index contributed by atoms with van der Waals surface area (Å²) in [6.45, 7) is 1.55. The minimum Gasteiger partial charge on any atom is -0.423 e. The van der Waals surface area contributed by atoms with E-state index in [9.17, 15) is 8.78 Å². The molecule has 102 valence electrons. The highest BCUT2D eigenvalue weighted by Gasteiger charge is 2.14. The van der Waals surface area contributed by atoms with Crippen LogP contribution >= 0.6 is 0 Å². The summed E-state index contributed by atoms with van der Waals surface area (Å²) in [6, 6.07) is 7.49. The third kappa shape index (κ3) is 2.05. The van der Waals surface area contributed by atoms with Crippen LogP contribution in [0.3, 0.4) is 0 Å². The summed E-state index contributed by atoms with van der Waals surface area (Å²) in [5, 5.41) is 2.52. The molecule has 0 saturated heterocycles. The Morgan fingerprint density at radius 2 is 2.00 bits per heavy atom. The molecule has 0 aliphatic carbocycles. The molecule has 1 aromatic heterocycles. The molecule has 0 amide bonds. The van der Waals surface area contributed by atoms with Gasteiger partial charge in [-0.05, 0) is 30.7 Å². The van der Waals surface area contributed by atoms with Crippen molar-refractivity contribution in [1.29, 1.82) is 0 Å². The zero-order chi connectivity index (χ0) is 14.3. The highest BCUT2D eigenvalue weighted by atomic mass is 19.1. The van der Waals surface area contributed by atoms with E-state index in [1.165, 1.54) is 12.1 Å². The molecule has 0 radical (unpaired) electrons. The number of fused-ring (bicyclic) bond motifs is 1. The van der Waals surface area contributed by atoms with Gasteiger partial charge in [0.1, 0.15) is 17.0 Å². The minimum atomic E-state index is -0.713. The Morgan fingerprint density at radius 1 is 1.20 bits per heavy atom. The molecule has 6 heteroatoms. The van der Waals surface area contributed by atoms with Gasteiger partial charge in [0.25, 0.3) is 6.01 Å². The van der Waals surface area contributed by atoms with Gasteiger partial charge in [-0.1, -0.05) is 6.07 Å². The number of hydrogen-bond acceptors (Lipinski definition) is 4. The lowest BCUT2D eigenvalue weighted by Crippen LogP contribution is -1.99. The van der Waals surface area contributed by atoms with Crippen LogP contribution in [-0.2, 0) is 0 Å². The van der Waals surface area contributed by atoms with E-state index in [-0.39, 0.29) is 11.7 Å². The number of hydrogen-bond donors (Lipinski definition) is 2. The smallest absolute Gasteiger partial charge is 0.300 e. The van der Waals surface area contributed by atoms with Gasteiger partial charge in [-0.3, -0.25) is 0 Å². The standard InChI is InChI=1S/C14H11F2N3O/c1-7-2-4-9(15)13(12(7)16)19-14-18-10-5-3-8(17)6-11(10)20-14/h2-6H,17H2,1H3,(H,18,19). The van der Waals surface area contributed by atoms with Crippen molar-refractivity contribution in [3.05, 3.63) is 47.5 Å².